The molecule has 0 atom stereocenters. The molecule has 0 saturated heterocycles. The highest BCUT2D eigenvalue weighted by Crippen LogP contribution is 2.43. The first kappa shape index (κ1) is 12.1. The van der Waals surface area contributed by atoms with Crippen molar-refractivity contribution in [3.05, 3.63) is 35.3 Å². The number of isocyanates is 1. The lowest BCUT2D eigenvalue weighted by atomic mass is 9.88. The van der Waals surface area contributed by atoms with Crippen LogP contribution < -0.4 is 0 Å². The van der Waals surface area contributed by atoms with E-state index in [1.807, 2.05) is 13.0 Å². The molecular formula is C15H15FN2O. The number of fused-ring (bicyclic) bond motifs is 1. The van der Waals surface area contributed by atoms with Crippen LogP contribution in [0, 0.1) is 12.7 Å². The maximum Gasteiger partial charge on any atom is 0.235 e. The van der Waals surface area contributed by atoms with E-state index in [9.17, 15) is 9.18 Å². The molecule has 0 aliphatic heterocycles. The van der Waals surface area contributed by atoms with E-state index in [2.05, 4.69) is 9.98 Å². The van der Waals surface area contributed by atoms with Crippen LogP contribution in [0.3, 0.4) is 0 Å². The molecule has 1 N–H and O–H groups in total. The van der Waals surface area contributed by atoms with Crippen molar-refractivity contribution < 1.29 is 9.18 Å². The molecule has 0 bridgehead atoms. The van der Waals surface area contributed by atoms with Crippen molar-refractivity contribution in [1.29, 1.82) is 0 Å². The summed E-state index contributed by atoms with van der Waals surface area (Å²) in [5.41, 5.74) is 1.74. The van der Waals surface area contributed by atoms with Crippen LogP contribution in [-0.2, 0) is 10.3 Å². The normalized spacial score (nSPS) is 17.6. The molecule has 3 rings (SSSR count). The Kier molecular flexibility index (Phi) is 2.76. The third-order valence-corrected chi connectivity index (χ3v) is 4.18. The molecule has 1 aromatic heterocycles. The molecule has 0 radical (unpaired) electrons. The van der Waals surface area contributed by atoms with Crippen molar-refractivity contribution in [3.8, 4) is 0 Å². The zero-order valence-electron chi connectivity index (χ0n) is 10.8. The minimum atomic E-state index is -0.569. The first-order chi connectivity index (χ1) is 9.16. The Balaban J connectivity index is 2.24. The zero-order chi connectivity index (χ0) is 13.5. The summed E-state index contributed by atoms with van der Waals surface area (Å²) >= 11 is 0. The Hall–Kier alpha value is -1.93. The minimum absolute atomic E-state index is 0.284. The number of H-pyrrole nitrogens is 1. The standard InChI is InChI=1S/C15H15FN2O/c1-10-8-17-14-12(10)6-11(7-13(14)16)15(18-9-19)4-2-3-5-15/h6-8,17H,2-5H2,1H3. The second-order valence-electron chi connectivity index (χ2n) is 5.29. The second-order valence-corrected chi connectivity index (χ2v) is 5.29. The summed E-state index contributed by atoms with van der Waals surface area (Å²) in [5, 5.41) is 0.863. The first-order valence-corrected chi connectivity index (χ1v) is 6.53. The number of halogens is 1. The van der Waals surface area contributed by atoms with Crippen molar-refractivity contribution in [2.75, 3.05) is 0 Å². The number of aliphatic imine (C=N–C) groups is 1. The summed E-state index contributed by atoms with van der Waals surface area (Å²) in [4.78, 5) is 17.7. The number of hydrogen-bond donors (Lipinski definition) is 1. The molecule has 0 spiro atoms. The number of aryl methyl sites for hydroxylation is 1. The smallest absolute Gasteiger partial charge is 0.235 e. The summed E-state index contributed by atoms with van der Waals surface area (Å²) in [7, 11) is 0. The Labute approximate surface area is 110 Å². The highest BCUT2D eigenvalue weighted by Gasteiger charge is 2.36. The zero-order valence-corrected chi connectivity index (χ0v) is 10.8. The van der Waals surface area contributed by atoms with Gasteiger partial charge >= 0.3 is 0 Å². The number of nitrogens with one attached hydrogen (secondary N) is 1. The molecule has 1 aliphatic carbocycles. The van der Waals surface area contributed by atoms with Crippen LogP contribution in [0.2, 0.25) is 0 Å². The SMILES string of the molecule is Cc1c[nH]c2c(F)cc(C3(N=C=O)CCCC3)cc12. The highest BCUT2D eigenvalue weighted by molar-refractivity contribution is 5.84. The maximum absolute atomic E-state index is 14.2. The van der Waals surface area contributed by atoms with Crippen molar-refractivity contribution >= 4 is 17.0 Å². The predicted molar refractivity (Wildman–Crippen MR) is 71.3 cm³/mol. The van der Waals surface area contributed by atoms with Gasteiger partial charge in [0.15, 0.2) is 0 Å². The molecule has 19 heavy (non-hydrogen) atoms. The average molecular weight is 258 g/mol. The molecule has 0 unspecified atom stereocenters. The Morgan fingerprint density at radius 3 is 2.79 bits per heavy atom. The minimum Gasteiger partial charge on any atom is -0.359 e. The second kappa shape index (κ2) is 4.32. The van der Waals surface area contributed by atoms with Crippen molar-refractivity contribution in [2.45, 2.75) is 38.1 Å². The summed E-state index contributed by atoms with van der Waals surface area (Å²) in [6.45, 7) is 1.94. The molecule has 0 amide bonds. The highest BCUT2D eigenvalue weighted by atomic mass is 19.1. The lowest BCUT2D eigenvalue weighted by Gasteiger charge is -2.23. The topological polar surface area (TPSA) is 45.2 Å². The number of aromatic amines is 1. The lowest BCUT2D eigenvalue weighted by Crippen LogP contribution is -2.19. The summed E-state index contributed by atoms with van der Waals surface area (Å²) < 4.78 is 14.2. The molecule has 3 nitrogen and oxygen atoms in total. The fourth-order valence-electron chi connectivity index (χ4n) is 3.10. The molecular weight excluding hydrogens is 243 g/mol. The first-order valence-electron chi connectivity index (χ1n) is 6.53. The van der Waals surface area contributed by atoms with Crippen LogP contribution in [0.25, 0.3) is 10.9 Å². The Bertz CT molecular complexity index is 677. The van der Waals surface area contributed by atoms with E-state index in [1.165, 1.54) is 6.07 Å². The predicted octanol–water partition coefficient (Wildman–Crippen LogP) is 3.72. The number of rotatable bonds is 2. The van der Waals surface area contributed by atoms with Crippen LogP contribution in [0.5, 0.6) is 0 Å². The third kappa shape index (κ3) is 1.80. The van der Waals surface area contributed by atoms with Gasteiger partial charge in [-0.05, 0) is 43.0 Å². The van der Waals surface area contributed by atoms with Crippen molar-refractivity contribution in [2.24, 2.45) is 4.99 Å². The molecule has 1 aliphatic rings. The fourth-order valence-corrected chi connectivity index (χ4v) is 3.10. The van der Waals surface area contributed by atoms with Gasteiger partial charge in [-0.2, -0.15) is 4.99 Å². The van der Waals surface area contributed by atoms with E-state index in [0.717, 1.165) is 42.2 Å². The quantitative estimate of drug-likeness (QED) is 0.647. The van der Waals surface area contributed by atoms with Crippen LogP contribution in [0.15, 0.2) is 23.3 Å². The van der Waals surface area contributed by atoms with E-state index >= 15 is 0 Å². The number of aromatic nitrogens is 1. The van der Waals surface area contributed by atoms with E-state index in [1.54, 1.807) is 12.3 Å². The third-order valence-electron chi connectivity index (χ3n) is 4.18. The van der Waals surface area contributed by atoms with Gasteiger partial charge in [-0.15, -0.1) is 0 Å². The van der Waals surface area contributed by atoms with Gasteiger partial charge in [0.1, 0.15) is 5.82 Å². The lowest BCUT2D eigenvalue weighted by molar-refractivity contribution is 0.453. The van der Waals surface area contributed by atoms with Crippen LogP contribution in [-0.4, -0.2) is 11.1 Å². The molecule has 1 heterocycles. The van der Waals surface area contributed by atoms with Crippen molar-refractivity contribution in [1.82, 2.24) is 4.98 Å². The van der Waals surface area contributed by atoms with Crippen LogP contribution in [0.1, 0.15) is 36.8 Å². The van der Waals surface area contributed by atoms with E-state index < -0.39 is 5.54 Å². The van der Waals surface area contributed by atoms with Gasteiger partial charge in [0, 0.05) is 11.6 Å². The van der Waals surface area contributed by atoms with E-state index in [0.29, 0.717) is 5.52 Å². The molecule has 4 heteroatoms. The molecule has 98 valence electrons. The van der Waals surface area contributed by atoms with Gasteiger partial charge in [0.2, 0.25) is 6.08 Å². The molecule has 1 saturated carbocycles. The average Bonchev–Trinajstić information content (AvgIpc) is 2.99. The molecule has 1 fully saturated rings. The van der Waals surface area contributed by atoms with Crippen LogP contribution in [0.4, 0.5) is 4.39 Å². The number of hydrogen-bond acceptors (Lipinski definition) is 2. The van der Waals surface area contributed by atoms with Crippen molar-refractivity contribution in [3.63, 3.8) is 0 Å². The number of carbonyl (C=O) groups excluding carboxylic acids is 1. The summed E-state index contributed by atoms with van der Waals surface area (Å²) in [6.07, 6.45) is 7.06. The number of nitrogens with zero attached hydrogens (tertiary/aromatic N) is 1. The fraction of sp³-hybridized carbons (Fsp3) is 0.400. The van der Waals surface area contributed by atoms with Gasteiger partial charge in [0.05, 0.1) is 11.1 Å². The maximum atomic E-state index is 14.2. The Morgan fingerprint density at radius 2 is 2.11 bits per heavy atom. The molecule has 1 aromatic carbocycles. The Morgan fingerprint density at radius 1 is 1.37 bits per heavy atom. The van der Waals surface area contributed by atoms with Gasteiger partial charge in [-0.3, -0.25) is 0 Å². The number of benzene rings is 1. The van der Waals surface area contributed by atoms with Gasteiger partial charge in [0.25, 0.3) is 0 Å². The summed E-state index contributed by atoms with van der Waals surface area (Å²) in [6, 6.07) is 3.46. The molecule has 2 aromatic rings. The summed E-state index contributed by atoms with van der Waals surface area (Å²) in [5.74, 6) is -0.284. The van der Waals surface area contributed by atoms with Gasteiger partial charge < -0.3 is 4.98 Å². The monoisotopic (exact) mass is 258 g/mol. The van der Waals surface area contributed by atoms with E-state index in [-0.39, 0.29) is 5.82 Å². The largest absolute Gasteiger partial charge is 0.359 e. The van der Waals surface area contributed by atoms with Gasteiger partial charge in [-0.25, -0.2) is 9.18 Å². The van der Waals surface area contributed by atoms with Crippen LogP contribution >= 0.6 is 0 Å². The van der Waals surface area contributed by atoms with Gasteiger partial charge in [-0.1, -0.05) is 12.8 Å². The van der Waals surface area contributed by atoms with E-state index in [4.69, 9.17) is 0 Å².